The van der Waals surface area contributed by atoms with E-state index in [-0.39, 0.29) is 24.2 Å². The third-order valence-electron chi connectivity index (χ3n) is 2.73. The second-order valence-corrected chi connectivity index (χ2v) is 4.29. The number of carbonyl (C=O) groups is 3. The van der Waals surface area contributed by atoms with Crippen molar-refractivity contribution < 1.29 is 19.5 Å². The predicted molar refractivity (Wildman–Crippen MR) is 56.6 cm³/mol. The molecule has 1 aliphatic heterocycles. The van der Waals surface area contributed by atoms with Crippen molar-refractivity contribution in [2.24, 2.45) is 5.92 Å². The standard InChI is InChI=1S/C11H17NO4/c1-8(5-6-11(15)16)7-12-9(13)3-2-4-10(12)14/h8H,2-7H2,1H3,(H,15,16). The fraction of sp³-hybridized carbons (Fsp3) is 0.727. The molecular formula is C11H17NO4. The third-order valence-corrected chi connectivity index (χ3v) is 2.73. The van der Waals surface area contributed by atoms with Gasteiger partial charge in [0.1, 0.15) is 0 Å². The topological polar surface area (TPSA) is 74.7 Å². The summed E-state index contributed by atoms with van der Waals surface area (Å²) in [6.45, 7) is 2.21. The van der Waals surface area contributed by atoms with Gasteiger partial charge in [0.25, 0.3) is 0 Å². The van der Waals surface area contributed by atoms with E-state index < -0.39 is 5.97 Å². The Morgan fingerprint density at radius 2 is 1.94 bits per heavy atom. The van der Waals surface area contributed by atoms with Crippen LogP contribution in [0.25, 0.3) is 0 Å². The zero-order chi connectivity index (χ0) is 12.1. The van der Waals surface area contributed by atoms with E-state index in [4.69, 9.17) is 5.11 Å². The van der Waals surface area contributed by atoms with Gasteiger partial charge in [-0.1, -0.05) is 6.92 Å². The van der Waals surface area contributed by atoms with E-state index in [0.717, 1.165) is 0 Å². The first-order valence-corrected chi connectivity index (χ1v) is 5.55. The second-order valence-electron chi connectivity index (χ2n) is 4.29. The van der Waals surface area contributed by atoms with Crippen molar-refractivity contribution in [1.29, 1.82) is 0 Å². The molecule has 1 aliphatic rings. The summed E-state index contributed by atoms with van der Waals surface area (Å²) >= 11 is 0. The molecule has 1 rings (SSSR count). The van der Waals surface area contributed by atoms with Crippen molar-refractivity contribution in [3.63, 3.8) is 0 Å². The van der Waals surface area contributed by atoms with E-state index in [1.165, 1.54) is 4.90 Å². The summed E-state index contributed by atoms with van der Waals surface area (Å²) in [7, 11) is 0. The summed E-state index contributed by atoms with van der Waals surface area (Å²) in [5, 5.41) is 8.52. The Morgan fingerprint density at radius 1 is 1.38 bits per heavy atom. The van der Waals surface area contributed by atoms with Gasteiger partial charge in [-0.05, 0) is 18.8 Å². The molecule has 0 radical (unpaired) electrons. The van der Waals surface area contributed by atoms with Crippen LogP contribution >= 0.6 is 0 Å². The first kappa shape index (κ1) is 12.7. The number of aliphatic carboxylic acids is 1. The Labute approximate surface area is 94.4 Å². The summed E-state index contributed by atoms with van der Waals surface area (Å²) in [5.41, 5.74) is 0. The van der Waals surface area contributed by atoms with E-state index in [9.17, 15) is 14.4 Å². The summed E-state index contributed by atoms with van der Waals surface area (Å²) in [5.74, 6) is -1.05. The third kappa shape index (κ3) is 3.64. The number of piperidine rings is 1. The van der Waals surface area contributed by atoms with Crippen LogP contribution in [0.1, 0.15) is 39.0 Å². The molecule has 0 aromatic rings. The van der Waals surface area contributed by atoms with Gasteiger partial charge < -0.3 is 5.11 Å². The molecule has 1 unspecified atom stereocenters. The van der Waals surface area contributed by atoms with Crippen molar-refractivity contribution >= 4 is 17.8 Å². The quantitative estimate of drug-likeness (QED) is 0.712. The first-order valence-electron chi connectivity index (χ1n) is 5.55. The minimum atomic E-state index is -0.844. The van der Waals surface area contributed by atoms with E-state index in [1.807, 2.05) is 6.92 Å². The van der Waals surface area contributed by atoms with Gasteiger partial charge in [0.2, 0.25) is 11.8 Å². The molecule has 1 saturated heterocycles. The average molecular weight is 227 g/mol. The molecular weight excluding hydrogens is 210 g/mol. The number of nitrogens with zero attached hydrogens (tertiary/aromatic N) is 1. The minimum Gasteiger partial charge on any atom is -0.481 e. The zero-order valence-electron chi connectivity index (χ0n) is 9.44. The molecule has 1 fully saturated rings. The minimum absolute atomic E-state index is 0.0436. The Hall–Kier alpha value is -1.39. The van der Waals surface area contributed by atoms with Gasteiger partial charge in [-0.3, -0.25) is 19.3 Å². The Morgan fingerprint density at radius 3 is 2.44 bits per heavy atom. The lowest BCUT2D eigenvalue weighted by molar-refractivity contribution is -0.148. The van der Waals surface area contributed by atoms with Crippen LogP contribution < -0.4 is 0 Å². The number of carbonyl (C=O) groups excluding carboxylic acids is 2. The van der Waals surface area contributed by atoms with Crippen LogP contribution in [-0.4, -0.2) is 34.3 Å². The molecule has 1 N–H and O–H groups in total. The van der Waals surface area contributed by atoms with Crippen LogP contribution in [0.4, 0.5) is 0 Å². The zero-order valence-corrected chi connectivity index (χ0v) is 9.44. The van der Waals surface area contributed by atoms with Crippen LogP contribution in [0.3, 0.4) is 0 Å². The Balaban J connectivity index is 2.42. The highest BCUT2D eigenvalue weighted by Crippen LogP contribution is 2.16. The molecule has 0 bridgehead atoms. The van der Waals surface area contributed by atoms with Crippen LogP contribution in [0.5, 0.6) is 0 Å². The normalized spacial score (nSPS) is 18.7. The molecule has 0 aliphatic carbocycles. The molecule has 16 heavy (non-hydrogen) atoms. The number of imide groups is 1. The fourth-order valence-electron chi connectivity index (χ4n) is 1.78. The summed E-state index contributed by atoms with van der Waals surface area (Å²) in [4.78, 5) is 34.6. The molecule has 0 aromatic heterocycles. The van der Waals surface area contributed by atoms with E-state index in [1.54, 1.807) is 0 Å². The lowest BCUT2D eigenvalue weighted by Gasteiger charge is -2.27. The maximum Gasteiger partial charge on any atom is 0.303 e. The summed E-state index contributed by atoms with van der Waals surface area (Å²) in [6.07, 6.45) is 2.07. The summed E-state index contributed by atoms with van der Waals surface area (Å²) < 4.78 is 0. The van der Waals surface area contributed by atoms with Crippen molar-refractivity contribution in [2.45, 2.75) is 39.0 Å². The molecule has 5 heteroatoms. The molecule has 1 atom stereocenters. The maximum absolute atomic E-state index is 11.5. The number of hydrogen-bond acceptors (Lipinski definition) is 3. The van der Waals surface area contributed by atoms with Gasteiger partial charge in [-0.25, -0.2) is 0 Å². The fourth-order valence-corrected chi connectivity index (χ4v) is 1.78. The van der Waals surface area contributed by atoms with Gasteiger partial charge in [-0.2, -0.15) is 0 Å². The van der Waals surface area contributed by atoms with Gasteiger partial charge in [0.15, 0.2) is 0 Å². The number of carboxylic acid groups (broad SMARTS) is 1. The van der Waals surface area contributed by atoms with Crippen molar-refractivity contribution in [3.8, 4) is 0 Å². The molecule has 0 aromatic carbocycles. The molecule has 5 nitrogen and oxygen atoms in total. The van der Waals surface area contributed by atoms with Gasteiger partial charge in [0.05, 0.1) is 0 Å². The number of amides is 2. The van der Waals surface area contributed by atoms with Crippen molar-refractivity contribution in [3.05, 3.63) is 0 Å². The number of rotatable bonds is 5. The lowest BCUT2D eigenvalue weighted by Crippen LogP contribution is -2.42. The first-order chi connectivity index (χ1) is 7.50. The van der Waals surface area contributed by atoms with Gasteiger partial charge in [-0.15, -0.1) is 0 Å². The van der Waals surface area contributed by atoms with Gasteiger partial charge in [0, 0.05) is 25.8 Å². The molecule has 90 valence electrons. The molecule has 2 amide bonds. The monoisotopic (exact) mass is 227 g/mol. The molecule has 0 spiro atoms. The van der Waals surface area contributed by atoms with Crippen LogP contribution in [0.2, 0.25) is 0 Å². The number of hydrogen-bond donors (Lipinski definition) is 1. The van der Waals surface area contributed by atoms with Gasteiger partial charge >= 0.3 is 5.97 Å². The number of carboxylic acids is 1. The largest absolute Gasteiger partial charge is 0.481 e. The Bertz CT molecular complexity index is 284. The van der Waals surface area contributed by atoms with Crippen LogP contribution in [0, 0.1) is 5.92 Å². The van der Waals surface area contributed by atoms with E-state index >= 15 is 0 Å². The maximum atomic E-state index is 11.5. The average Bonchev–Trinajstić information content (AvgIpc) is 2.21. The smallest absolute Gasteiger partial charge is 0.303 e. The molecule has 1 heterocycles. The van der Waals surface area contributed by atoms with E-state index in [2.05, 4.69) is 0 Å². The molecule has 0 saturated carbocycles. The second kappa shape index (κ2) is 5.63. The highest BCUT2D eigenvalue weighted by Gasteiger charge is 2.26. The highest BCUT2D eigenvalue weighted by atomic mass is 16.4. The van der Waals surface area contributed by atoms with Crippen molar-refractivity contribution in [1.82, 2.24) is 4.90 Å². The number of likely N-dealkylation sites (tertiary alicyclic amines) is 1. The summed E-state index contributed by atoms with van der Waals surface area (Å²) in [6, 6.07) is 0. The lowest BCUT2D eigenvalue weighted by atomic mass is 10.0. The highest BCUT2D eigenvalue weighted by molar-refractivity contribution is 5.97. The van der Waals surface area contributed by atoms with E-state index in [0.29, 0.717) is 32.2 Å². The van der Waals surface area contributed by atoms with Crippen LogP contribution in [-0.2, 0) is 14.4 Å². The Kier molecular flexibility index (Phi) is 4.46. The SMILES string of the molecule is CC(CCC(=O)O)CN1C(=O)CCCC1=O. The van der Waals surface area contributed by atoms with Crippen LogP contribution in [0.15, 0.2) is 0 Å². The van der Waals surface area contributed by atoms with Crippen molar-refractivity contribution in [2.75, 3.05) is 6.54 Å². The predicted octanol–water partition coefficient (Wildman–Crippen LogP) is 1.03.